The molecule has 7 heteroatoms. The smallest absolute Gasteiger partial charge is 0.315 e. The molecule has 24 heavy (non-hydrogen) atoms. The first-order valence-corrected chi connectivity index (χ1v) is 8.92. The van der Waals surface area contributed by atoms with Gasteiger partial charge in [0, 0.05) is 30.5 Å². The molecule has 126 valence electrons. The lowest BCUT2D eigenvalue weighted by Crippen LogP contribution is -2.52. The van der Waals surface area contributed by atoms with Gasteiger partial charge in [-0.15, -0.1) is 11.3 Å². The van der Waals surface area contributed by atoms with Crippen LogP contribution in [-0.4, -0.2) is 36.1 Å². The molecule has 0 saturated carbocycles. The number of hydrogen-bond donors (Lipinski definition) is 3. The van der Waals surface area contributed by atoms with Gasteiger partial charge in [-0.1, -0.05) is 30.3 Å². The van der Waals surface area contributed by atoms with Crippen molar-refractivity contribution in [1.82, 2.24) is 20.9 Å². The summed E-state index contributed by atoms with van der Waals surface area (Å²) in [6, 6.07) is 9.28. The number of thiazole rings is 1. The number of hydrogen-bond acceptors (Lipinski definition) is 4. The molecule has 0 aliphatic carbocycles. The molecule has 0 unspecified atom stereocenters. The quantitative estimate of drug-likeness (QED) is 0.775. The minimum Gasteiger partial charge on any atom is -0.354 e. The molecule has 1 atom stereocenters. The van der Waals surface area contributed by atoms with Crippen molar-refractivity contribution in [3.05, 3.63) is 41.4 Å². The number of piperidine rings is 1. The van der Waals surface area contributed by atoms with E-state index in [4.69, 9.17) is 0 Å². The summed E-state index contributed by atoms with van der Waals surface area (Å²) in [6.45, 7) is 1.17. The SMILES string of the molecule is O=C(NCCc1csc(-c2ccccc2)n1)N[C@@H]1CCCNC1=O. The Bertz CT molecular complexity index is 702. The predicted molar refractivity (Wildman–Crippen MR) is 93.8 cm³/mol. The zero-order valence-corrected chi connectivity index (χ0v) is 14.1. The number of carbonyl (C=O) groups is 2. The molecular weight excluding hydrogens is 324 g/mol. The van der Waals surface area contributed by atoms with Crippen LogP contribution in [0.2, 0.25) is 0 Å². The van der Waals surface area contributed by atoms with Gasteiger partial charge in [-0.25, -0.2) is 9.78 Å². The molecule has 2 heterocycles. The van der Waals surface area contributed by atoms with E-state index in [0.29, 0.717) is 25.9 Å². The van der Waals surface area contributed by atoms with Crippen LogP contribution in [0, 0.1) is 0 Å². The van der Waals surface area contributed by atoms with Crippen LogP contribution in [0.3, 0.4) is 0 Å². The van der Waals surface area contributed by atoms with Crippen molar-refractivity contribution in [3.8, 4) is 10.6 Å². The summed E-state index contributed by atoms with van der Waals surface area (Å²) in [7, 11) is 0. The summed E-state index contributed by atoms with van der Waals surface area (Å²) in [5.41, 5.74) is 2.05. The highest BCUT2D eigenvalue weighted by Gasteiger charge is 2.23. The number of nitrogens with one attached hydrogen (secondary N) is 3. The van der Waals surface area contributed by atoms with E-state index in [-0.39, 0.29) is 11.9 Å². The van der Waals surface area contributed by atoms with Crippen molar-refractivity contribution < 1.29 is 9.59 Å². The molecule has 0 spiro atoms. The van der Waals surface area contributed by atoms with Crippen molar-refractivity contribution >= 4 is 23.3 Å². The summed E-state index contributed by atoms with van der Waals surface area (Å²) >= 11 is 1.60. The zero-order valence-electron chi connectivity index (χ0n) is 13.2. The Labute approximate surface area is 144 Å². The average Bonchev–Trinajstić information content (AvgIpc) is 3.07. The number of carbonyl (C=O) groups excluding carboxylic acids is 2. The molecule has 2 aromatic rings. The second-order valence-electron chi connectivity index (χ2n) is 5.65. The minimum atomic E-state index is -0.428. The number of amides is 3. The van der Waals surface area contributed by atoms with E-state index in [1.54, 1.807) is 11.3 Å². The van der Waals surface area contributed by atoms with Crippen LogP contribution >= 0.6 is 11.3 Å². The van der Waals surface area contributed by atoms with Crippen LogP contribution in [0.15, 0.2) is 35.7 Å². The normalized spacial score (nSPS) is 17.2. The van der Waals surface area contributed by atoms with Gasteiger partial charge in [0.05, 0.1) is 5.69 Å². The van der Waals surface area contributed by atoms with E-state index in [1.165, 1.54) is 0 Å². The second-order valence-corrected chi connectivity index (χ2v) is 6.50. The summed E-state index contributed by atoms with van der Waals surface area (Å²) in [4.78, 5) is 28.0. The Morgan fingerprint density at radius 3 is 2.96 bits per heavy atom. The molecule has 1 aliphatic heterocycles. The second kappa shape index (κ2) is 7.92. The van der Waals surface area contributed by atoms with Crippen molar-refractivity contribution in [2.75, 3.05) is 13.1 Å². The van der Waals surface area contributed by atoms with Gasteiger partial charge in [0.1, 0.15) is 11.0 Å². The fourth-order valence-corrected chi connectivity index (χ4v) is 3.42. The van der Waals surface area contributed by atoms with E-state index in [0.717, 1.165) is 22.7 Å². The van der Waals surface area contributed by atoms with Crippen LogP contribution in [0.5, 0.6) is 0 Å². The molecule has 1 fully saturated rings. The average molecular weight is 344 g/mol. The Hall–Kier alpha value is -2.41. The van der Waals surface area contributed by atoms with Gasteiger partial charge < -0.3 is 16.0 Å². The maximum absolute atomic E-state index is 11.9. The number of rotatable bonds is 5. The fraction of sp³-hybridized carbons (Fsp3) is 0.353. The molecule has 0 bridgehead atoms. The first-order valence-electron chi connectivity index (χ1n) is 8.04. The van der Waals surface area contributed by atoms with Crippen molar-refractivity contribution in [3.63, 3.8) is 0 Å². The van der Waals surface area contributed by atoms with Crippen LogP contribution < -0.4 is 16.0 Å². The first kappa shape index (κ1) is 16.4. The minimum absolute atomic E-state index is 0.108. The van der Waals surface area contributed by atoms with E-state index in [2.05, 4.69) is 20.9 Å². The van der Waals surface area contributed by atoms with Gasteiger partial charge in [0.15, 0.2) is 0 Å². The van der Waals surface area contributed by atoms with Crippen LogP contribution in [0.25, 0.3) is 10.6 Å². The lowest BCUT2D eigenvalue weighted by atomic mass is 10.1. The molecule has 3 rings (SSSR count). The number of nitrogens with zero attached hydrogens (tertiary/aromatic N) is 1. The Balaban J connectivity index is 1.44. The molecule has 3 N–H and O–H groups in total. The van der Waals surface area contributed by atoms with Gasteiger partial charge in [0.25, 0.3) is 0 Å². The Kier molecular flexibility index (Phi) is 5.43. The van der Waals surface area contributed by atoms with Crippen molar-refractivity contribution in [1.29, 1.82) is 0 Å². The lowest BCUT2D eigenvalue weighted by Gasteiger charge is -2.22. The van der Waals surface area contributed by atoms with E-state index in [1.807, 2.05) is 35.7 Å². The maximum Gasteiger partial charge on any atom is 0.315 e. The van der Waals surface area contributed by atoms with Crippen LogP contribution in [0.4, 0.5) is 4.79 Å². The van der Waals surface area contributed by atoms with Crippen LogP contribution in [0.1, 0.15) is 18.5 Å². The monoisotopic (exact) mass is 344 g/mol. The van der Waals surface area contributed by atoms with Gasteiger partial charge in [-0.3, -0.25) is 4.79 Å². The Morgan fingerprint density at radius 1 is 1.33 bits per heavy atom. The third-order valence-electron chi connectivity index (χ3n) is 3.83. The van der Waals surface area contributed by atoms with E-state index < -0.39 is 6.04 Å². The van der Waals surface area contributed by atoms with Gasteiger partial charge in [0.2, 0.25) is 5.91 Å². The lowest BCUT2D eigenvalue weighted by molar-refractivity contribution is -0.124. The van der Waals surface area contributed by atoms with E-state index in [9.17, 15) is 9.59 Å². The molecule has 0 radical (unpaired) electrons. The highest BCUT2D eigenvalue weighted by molar-refractivity contribution is 7.13. The molecule has 1 aliphatic rings. The Morgan fingerprint density at radius 2 is 2.17 bits per heavy atom. The number of benzene rings is 1. The summed E-state index contributed by atoms with van der Waals surface area (Å²) < 4.78 is 0. The molecule has 3 amide bonds. The summed E-state index contributed by atoms with van der Waals surface area (Å²) in [6.07, 6.45) is 2.23. The molecule has 6 nitrogen and oxygen atoms in total. The third-order valence-corrected chi connectivity index (χ3v) is 4.77. The summed E-state index contributed by atoms with van der Waals surface area (Å²) in [5.74, 6) is -0.108. The van der Waals surface area contributed by atoms with Gasteiger partial charge in [-0.2, -0.15) is 0 Å². The zero-order chi connectivity index (χ0) is 16.8. The number of urea groups is 1. The molecule has 1 aromatic carbocycles. The molecule has 1 aromatic heterocycles. The molecule has 1 saturated heterocycles. The number of aromatic nitrogens is 1. The standard InChI is InChI=1S/C17H20N4O2S/c22-15-14(7-4-9-18-15)21-17(23)19-10-8-13-11-24-16(20-13)12-5-2-1-3-6-12/h1-3,5-6,11,14H,4,7-10H2,(H,18,22)(H2,19,21,23)/t14-/m1/s1. The van der Waals surface area contributed by atoms with Crippen LogP contribution in [-0.2, 0) is 11.2 Å². The maximum atomic E-state index is 11.9. The summed E-state index contributed by atoms with van der Waals surface area (Å²) in [5, 5.41) is 11.2. The highest BCUT2D eigenvalue weighted by atomic mass is 32.1. The largest absolute Gasteiger partial charge is 0.354 e. The predicted octanol–water partition coefficient (Wildman–Crippen LogP) is 1.93. The topological polar surface area (TPSA) is 83.1 Å². The third kappa shape index (κ3) is 4.32. The highest BCUT2D eigenvalue weighted by Crippen LogP contribution is 2.23. The van der Waals surface area contributed by atoms with Crippen molar-refractivity contribution in [2.24, 2.45) is 0 Å². The molecular formula is C17H20N4O2S. The first-order chi connectivity index (χ1) is 11.7. The van der Waals surface area contributed by atoms with Gasteiger partial charge >= 0.3 is 6.03 Å². The van der Waals surface area contributed by atoms with Gasteiger partial charge in [-0.05, 0) is 12.8 Å². The fourth-order valence-electron chi connectivity index (χ4n) is 2.56. The van der Waals surface area contributed by atoms with Crippen molar-refractivity contribution in [2.45, 2.75) is 25.3 Å². The van der Waals surface area contributed by atoms with E-state index >= 15 is 0 Å².